The van der Waals surface area contributed by atoms with Crippen LogP contribution in [0.15, 0.2) is 22.7 Å². The van der Waals surface area contributed by atoms with Gasteiger partial charge in [0.25, 0.3) is 0 Å². The molecular weight excluding hydrogens is 282 g/mol. The molecule has 0 spiro atoms. The van der Waals surface area contributed by atoms with Gasteiger partial charge in [0.2, 0.25) is 0 Å². The summed E-state index contributed by atoms with van der Waals surface area (Å²) >= 11 is 3.33. The molecule has 0 N–H and O–H groups in total. The van der Waals surface area contributed by atoms with Crippen LogP contribution in [0, 0.1) is 11.3 Å². The van der Waals surface area contributed by atoms with Crippen molar-refractivity contribution >= 4 is 15.9 Å². The van der Waals surface area contributed by atoms with E-state index in [1.807, 2.05) is 12.1 Å². The van der Waals surface area contributed by atoms with Crippen molar-refractivity contribution in [1.29, 1.82) is 5.26 Å². The van der Waals surface area contributed by atoms with E-state index in [4.69, 9.17) is 14.7 Å². The Morgan fingerprint density at radius 2 is 2.41 bits per heavy atom. The molecule has 0 aliphatic carbocycles. The molecular formula is C13H14BrNO2. The summed E-state index contributed by atoms with van der Waals surface area (Å²) in [7, 11) is 0. The molecule has 90 valence electrons. The first-order valence-electron chi connectivity index (χ1n) is 5.73. The van der Waals surface area contributed by atoms with E-state index in [9.17, 15) is 0 Å². The van der Waals surface area contributed by atoms with Crippen molar-refractivity contribution in [3.63, 3.8) is 0 Å². The van der Waals surface area contributed by atoms with Crippen LogP contribution in [0.3, 0.4) is 0 Å². The average molecular weight is 296 g/mol. The number of rotatable bonds is 4. The molecule has 0 amide bonds. The van der Waals surface area contributed by atoms with Gasteiger partial charge in [-0.3, -0.25) is 0 Å². The number of ether oxygens (including phenoxy) is 2. The maximum atomic E-state index is 8.98. The first-order valence-corrected chi connectivity index (χ1v) is 6.53. The first-order chi connectivity index (χ1) is 8.29. The Kier molecular flexibility index (Phi) is 4.41. The molecule has 1 aliphatic rings. The Morgan fingerprint density at radius 1 is 1.53 bits per heavy atom. The number of benzene rings is 1. The average Bonchev–Trinajstić information content (AvgIpc) is 2.84. The van der Waals surface area contributed by atoms with Gasteiger partial charge in [-0.05, 0) is 31.0 Å². The molecule has 0 aromatic heterocycles. The fourth-order valence-corrected chi connectivity index (χ4v) is 2.25. The molecule has 1 heterocycles. The standard InChI is InChI=1S/C13H14BrNO2/c14-11-3-4-13(10(8-11)9-15)17-7-5-12-2-1-6-16-12/h3-4,8,12H,1-2,5-7H2. The Balaban J connectivity index is 1.88. The molecule has 3 nitrogen and oxygen atoms in total. The minimum Gasteiger partial charge on any atom is -0.492 e. The van der Waals surface area contributed by atoms with Crippen LogP contribution in [0.1, 0.15) is 24.8 Å². The zero-order chi connectivity index (χ0) is 12.1. The van der Waals surface area contributed by atoms with Crippen molar-refractivity contribution in [3.8, 4) is 11.8 Å². The highest BCUT2D eigenvalue weighted by molar-refractivity contribution is 9.10. The van der Waals surface area contributed by atoms with Gasteiger partial charge in [0.05, 0.1) is 18.3 Å². The zero-order valence-corrected chi connectivity index (χ0v) is 11.1. The highest BCUT2D eigenvalue weighted by atomic mass is 79.9. The molecule has 2 rings (SSSR count). The van der Waals surface area contributed by atoms with Gasteiger partial charge in [0.1, 0.15) is 11.8 Å². The summed E-state index contributed by atoms with van der Waals surface area (Å²) in [6.45, 7) is 1.47. The minimum absolute atomic E-state index is 0.330. The molecule has 4 heteroatoms. The molecule has 1 aliphatic heterocycles. The van der Waals surface area contributed by atoms with Crippen molar-refractivity contribution < 1.29 is 9.47 Å². The molecule has 1 saturated heterocycles. The van der Waals surface area contributed by atoms with E-state index in [1.54, 1.807) is 6.07 Å². The topological polar surface area (TPSA) is 42.2 Å². The van der Waals surface area contributed by atoms with Crippen molar-refractivity contribution in [1.82, 2.24) is 0 Å². The fourth-order valence-electron chi connectivity index (χ4n) is 1.89. The van der Waals surface area contributed by atoms with Gasteiger partial charge >= 0.3 is 0 Å². The zero-order valence-electron chi connectivity index (χ0n) is 9.49. The largest absolute Gasteiger partial charge is 0.492 e. The smallest absolute Gasteiger partial charge is 0.137 e. The molecule has 17 heavy (non-hydrogen) atoms. The summed E-state index contributed by atoms with van der Waals surface area (Å²) in [5, 5.41) is 8.98. The quantitative estimate of drug-likeness (QED) is 0.856. The summed E-state index contributed by atoms with van der Waals surface area (Å²) in [6.07, 6.45) is 3.48. The van der Waals surface area contributed by atoms with Crippen LogP contribution < -0.4 is 4.74 Å². The highest BCUT2D eigenvalue weighted by Crippen LogP contribution is 2.23. The lowest BCUT2D eigenvalue weighted by Crippen LogP contribution is -2.11. The summed E-state index contributed by atoms with van der Waals surface area (Å²) in [5.74, 6) is 0.647. The van der Waals surface area contributed by atoms with Gasteiger partial charge in [0, 0.05) is 17.5 Å². The number of nitriles is 1. The Labute approximate surface area is 109 Å². The van der Waals surface area contributed by atoms with Gasteiger partial charge in [0.15, 0.2) is 0 Å². The number of hydrogen-bond acceptors (Lipinski definition) is 3. The maximum Gasteiger partial charge on any atom is 0.137 e. The Morgan fingerprint density at radius 3 is 3.12 bits per heavy atom. The lowest BCUT2D eigenvalue weighted by Gasteiger charge is -2.11. The van der Waals surface area contributed by atoms with E-state index in [0.29, 0.717) is 24.0 Å². The highest BCUT2D eigenvalue weighted by Gasteiger charge is 2.15. The van der Waals surface area contributed by atoms with Crippen molar-refractivity contribution in [3.05, 3.63) is 28.2 Å². The second-order valence-corrected chi connectivity index (χ2v) is 4.94. The van der Waals surface area contributed by atoms with Gasteiger partial charge in [-0.25, -0.2) is 0 Å². The van der Waals surface area contributed by atoms with Gasteiger partial charge < -0.3 is 9.47 Å². The third-order valence-corrected chi connectivity index (χ3v) is 3.28. The van der Waals surface area contributed by atoms with E-state index in [1.165, 1.54) is 0 Å². The molecule has 1 atom stereocenters. The first kappa shape index (κ1) is 12.4. The summed E-state index contributed by atoms with van der Waals surface area (Å²) in [5.41, 5.74) is 0.562. The predicted molar refractivity (Wildman–Crippen MR) is 67.9 cm³/mol. The third kappa shape index (κ3) is 3.45. The lowest BCUT2D eigenvalue weighted by atomic mass is 10.2. The summed E-state index contributed by atoms with van der Waals surface area (Å²) in [6, 6.07) is 7.59. The molecule has 1 fully saturated rings. The van der Waals surface area contributed by atoms with Crippen molar-refractivity contribution in [2.75, 3.05) is 13.2 Å². The molecule has 1 aromatic rings. The number of hydrogen-bond donors (Lipinski definition) is 0. The van der Waals surface area contributed by atoms with Crippen molar-refractivity contribution in [2.24, 2.45) is 0 Å². The third-order valence-electron chi connectivity index (χ3n) is 2.78. The maximum absolute atomic E-state index is 8.98. The van der Waals surface area contributed by atoms with E-state index >= 15 is 0 Å². The van der Waals surface area contributed by atoms with Crippen LogP contribution in [0.4, 0.5) is 0 Å². The number of nitrogens with zero attached hydrogens (tertiary/aromatic N) is 1. The molecule has 1 unspecified atom stereocenters. The molecule has 0 bridgehead atoms. The monoisotopic (exact) mass is 295 g/mol. The van der Waals surface area contributed by atoms with Crippen LogP contribution in [0.25, 0.3) is 0 Å². The summed E-state index contributed by atoms with van der Waals surface area (Å²) in [4.78, 5) is 0. The minimum atomic E-state index is 0.330. The predicted octanol–water partition coefficient (Wildman–Crippen LogP) is 3.27. The van der Waals surface area contributed by atoms with E-state index in [-0.39, 0.29) is 0 Å². The fraction of sp³-hybridized carbons (Fsp3) is 0.462. The Hall–Kier alpha value is -1.05. The second-order valence-electron chi connectivity index (χ2n) is 4.02. The lowest BCUT2D eigenvalue weighted by molar-refractivity contribution is 0.0903. The van der Waals surface area contributed by atoms with Crippen LogP contribution in [-0.4, -0.2) is 19.3 Å². The Bertz CT molecular complexity index is 422. The second kappa shape index (κ2) is 6.04. The summed E-state index contributed by atoms with van der Waals surface area (Å²) < 4.78 is 12.0. The van der Waals surface area contributed by atoms with Gasteiger partial charge in [-0.1, -0.05) is 15.9 Å². The van der Waals surface area contributed by atoms with Gasteiger partial charge in [-0.2, -0.15) is 5.26 Å². The molecule has 0 saturated carbocycles. The normalized spacial score (nSPS) is 18.9. The van der Waals surface area contributed by atoms with Crippen LogP contribution in [0.2, 0.25) is 0 Å². The van der Waals surface area contributed by atoms with Crippen molar-refractivity contribution in [2.45, 2.75) is 25.4 Å². The molecule has 1 aromatic carbocycles. The van der Waals surface area contributed by atoms with E-state index in [0.717, 1.165) is 30.3 Å². The molecule has 0 radical (unpaired) electrons. The van der Waals surface area contributed by atoms with Crippen LogP contribution in [-0.2, 0) is 4.74 Å². The SMILES string of the molecule is N#Cc1cc(Br)ccc1OCCC1CCCO1. The van der Waals surface area contributed by atoms with Gasteiger partial charge in [-0.15, -0.1) is 0 Å². The van der Waals surface area contributed by atoms with Crippen LogP contribution in [0.5, 0.6) is 5.75 Å². The van der Waals surface area contributed by atoms with E-state index < -0.39 is 0 Å². The van der Waals surface area contributed by atoms with Crippen LogP contribution >= 0.6 is 15.9 Å². The van der Waals surface area contributed by atoms with E-state index in [2.05, 4.69) is 22.0 Å². The number of halogens is 1.